The van der Waals surface area contributed by atoms with Crippen molar-refractivity contribution in [2.24, 2.45) is 17.3 Å². The monoisotopic (exact) mass is 195 g/mol. The average Bonchev–Trinajstić information content (AvgIpc) is 2.54. The van der Waals surface area contributed by atoms with Crippen LogP contribution in [0.15, 0.2) is 0 Å². The van der Waals surface area contributed by atoms with Crippen molar-refractivity contribution in [2.75, 3.05) is 0 Å². The lowest BCUT2D eigenvalue weighted by Gasteiger charge is -2.30. The maximum atomic E-state index is 11.5. The minimum Gasteiger partial charge on any atom is -0.296 e. The molecule has 14 heavy (non-hydrogen) atoms. The van der Waals surface area contributed by atoms with Crippen molar-refractivity contribution >= 4 is 11.8 Å². The van der Waals surface area contributed by atoms with Gasteiger partial charge >= 0.3 is 0 Å². The number of imide groups is 1. The van der Waals surface area contributed by atoms with Crippen LogP contribution in [0.25, 0.3) is 0 Å². The highest BCUT2D eigenvalue weighted by atomic mass is 16.2. The van der Waals surface area contributed by atoms with E-state index < -0.39 is 0 Å². The van der Waals surface area contributed by atoms with Crippen LogP contribution in [0.1, 0.15) is 39.5 Å². The van der Waals surface area contributed by atoms with Gasteiger partial charge in [0.15, 0.2) is 0 Å². The number of hydrogen-bond donors (Lipinski definition) is 1. The Labute approximate surface area is 84.2 Å². The standard InChI is InChI=1S/C11H17NO2/c1-11(2)5-3-4-8(11)7-6-9(13)12-10(7)14/h7-8H,3-6H2,1-2H3,(H,12,13,14). The third kappa shape index (κ3) is 1.45. The number of carbonyl (C=O) groups excluding carboxylic acids is 2. The Morgan fingerprint density at radius 1 is 1.36 bits per heavy atom. The molecule has 1 aliphatic heterocycles. The molecule has 0 aromatic rings. The SMILES string of the molecule is CC1(C)CCCC1C1CC(=O)NC1=O. The number of nitrogens with one attached hydrogen (secondary N) is 1. The van der Waals surface area contributed by atoms with Gasteiger partial charge in [-0.05, 0) is 24.2 Å². The molecule has 1 saturated carbocycles. The quantitative estimate of drug-likeness (QED) is 0.644. The fraction of sp³-hybridized carbons (Fsp3) is 0.818. The van der Waals surface area contributed by atoms with Crippen LogP contribution >= 0.6 is 0 Å². The van der Waals surface area contributed by atoms with Gasteiger partial charge in [-0.3, -0.25) is 14.9 Å². The highest BCUT2D eigenvalue weighted by Gasteiger charge is 2.45. The van der Waals surface area contributed by atoms with E-state index in [1.807, 2.05) is 0 Å². The minimum atomic E-state index is -0.0947. The van der Waals surface area contributed by atoms with Gasteiger partial charge in [-0.2, -0.15) is 0 Å². The summed E-state index contributed by atoms with van der Waals surface area (Å²) in [5.41, 5.74) is 0.229. The first kappa shape index (κ1) is 9.69. The predicted molar refractivity (Wildman–Crippen MR) is 52.4 cm³/mol. The van der Waals surface area contributed by atoms with Gasteiger partial charge in [0.25, 0.3) is 0 Å². The summed E-state index contributed by atoms with van der Waals surface area (Å²) in [6, 6.07) is 0. The van der Waals surface area contributed by atoms with Crippen LogP contribution in [0.3, 0.4) is 0 Å². The summed E-state index contributed by atoms with van der Waals surface area (Å²) in [5, 5.41) is 2.40. The molecule has 0 bridgehead atoms. The normalized spacial score (nSPS) is 36.1. The van der Waals surface area contributed by atoms with Gasteiger partial charge in [-0.25, -0.2) is 0 Å². The van der Waals surface area contributed by atoms with Crippen LogP contribution in [0.2, 0.25) is 0 Å². The second-order valence-electron chi connectivity index (χ2n) is 5.21. The van der Waals surface area contributed by atoms with Gasteiger partial charge in [-0.15, -0.1) is 0 Å². The third-order valence-electron chi connectivity index (χ3n) is 3.83. The lowest BCUT2D eigenvalue weighted by Crippen LogP contribution is -2.31. The highest BCUT2D eigenvalue weighted by molar-refractivity contribution is 6.03. The number of hydrogen-bond acceptors (Lipinski definition) is 2. The molecule has 2 fully saturated rings. The van der Waals surface area contributed by atoms with Crippen molar-refractivity contribution in [3.63, 3.8) is 0 Å². The smallest absolute Gasteiger partial charge is 0.230 e. The molecule has 3 nitrogen and oxygen atoms in total. The molecule has 78 valence electrons. The first-order valence-electron chi connectivity index (χ1n) is 5.34. The van der Waals surface area contributed by atoms with Crippen molar-refractivity contribution in [3.05, 3.63) is 0 Å². The Bertz CT molecular complexity index is 283. The van der Waals surface area contributed by atoms with Crippen LogP contribution in [0, 0.1) is 17.3 Å². The van der Waals surface area contributed by atoms with Crippen molar-refractivity contribution in [1.29, 1.82) is 0 Å². The van der Waals surface area contributed by atoms with Gasteiger partial charge in [-0.1, -0.05) is 20.3 Å². The fourth-order valence-electron chi connectivity index (χ4n) is 3.00. The summed E-state index contributed by atoms with van der Waals surface area (Å²) in [5.74, 6) is 0.201. The molecule has 0 radical (unpaired) electrons. The molecule has 1 aliphatic carbocycles. The molecular formula is C11H17NO2. The predicted octanol–water partition coefficient (Wildman–Crippen LogP) is 1.48. The molecule has 2 atom stereocenters. The van der Waals surface area contributed by atoms with Crippen LogP contribution in [0.5, 0.6) is 0 Å². The summed E-state index contributed by atoms with van der Waals surface area (Å²) in [7, 11) is 0. The number of rotatable bonds is 1. The van der Waals surface area contributed by atoms with Gasteiger partial charge in [0, 0.05) is 6.42 Å². The summed E-state index contributed by atoms with van der Waals surface area (Å²) in [4.78, 5) is 22.6. The van der Waals surface area contributed by atoms with E-state index in [2.05, 4.69) is 19.2 Å². The zero-order valence-electron chi connectivity index (χ0n) is 8.80. The molecule has 1 saturated heterocycles. The summed E-state index contributed by atoms with van der Waals surface area (Å²) < 4.78 is 0. The van der Waals surface area contributed by atoms with E-state index in [1.54, 1.807) is 0 Å². The lowest BCUT2D eigenvalue weighted by molar-refractivity contribution is -0.126. The molecule has 2 amide bonds. The number of amides is 2. The van der Waals surface area contributed by atoms with Crippen molar-refractivity contribution in [2.45, 2.75) is 39.5 Å². The Morgan fingerprint density at radius 3 is 2.50 bits per heavy atom. The zero-order chi connectivity index (χ0) is 10.3. The Balaban J connectivity index is 2.15. The molecule has 2 rings (SSSR count). The van der Waals surface area contributed by atoms with E-state index in [9.17, 15) is 9.59 Å². The highest BCUT2D eigenvalue weighted by Crippen LogP contribution is 2.48. The summed E-state index contributed by atoms with van der Waals surface area (Å²) in [6.45, 7) is 4.42. The zero-order valence-corrected chi connectivity index (χ0v) is 8.80. The summed E-state index contributed by atoms with van der Waals surface area (Å²) >= 11 is 0. The van der Waals surface area contributed by atoms with Gasteiger partial charge < -0.3 is 0 Å². The first-order valence-corrected chi connectivity index (χ1v) is 5.34. The number of carbonyl (C=O) groups is 2. The van der Waals surface area contributed by atoms with Crippen LogP contribution < -0.4 is 5.32 Å². The second-order valence-corrected chi connectivity index (χ2v) is 5.21. The van der Waals surface area contributed by atoms with Crippen molar-refractivity contribution < 1.29 is 9.59 Å². The van der Waals surface area contributed by atoms with Gasteiger partial charge in [0.05, 0.1) is 5.92 Å². The molecule has 2 unspecified atom stereocenters. The molecule has 0 spiro atoms. The van der Waals surface area contributed by atoms with Gasteiger partial charge in [0.1, 0.15) is 0 Å². The molecule has 0 aromatic heterocycles. The average molecular weight is 195 g/mol. The molecule has 1 heterocycles. The van der Waals surface area contributed by atoms with Crippen LogP contribution in [0.4, 0.5) is 0 Å². The maximum Gasteiger partial charge on any atom is 0.230 e. The fourth-order valence-corrected chi connectivity index (χ4v) is 3.00. The Morgan fingerprint density at radius 2 is 2.07 bits per heavy atom. The lowest BCUT2D eigenvalue weighted by atomic mass is 9.74. The second kappa shape index (κ2) is 3.07. The van der Waals surface area contributed by atoms with Crippen LogP contribution in [-0.2, 0) is 9.59 Å². The molecule has 0 aromatic carbocycles. The van der Waals surface area contributed by atoms with Gasteiger partial charge in [0.2, 0.25) is 11.8 Å². The third-order valence-corrected chi connectivity index (χ3v) is 3.83. The molecular weight excluding hydrogens is 178 g/mol. The molecule has 2 aliphatic rings. The van der Waals surface area contributed by atoms with Crippen molar-refractivity contribution in [1.82, 2.24) is 5.32 Å². The van der Waals surface area contributed by atoms with E-state index in [0.717, 1.165) is 6.42 Å². The maximum absolute atomic E-state index is 11.5. The first-order chi connectivity index (χ1) is 6.50. The van der Waals surface area contributed by atoms with E-state index in [1.165, 1.54) is 12.8 Å². The van der Waals surface area contributed by atoms with E-state index in [-0.39, 0.29) is 23.1 Å². The van der Waals surface area contributed by atoms with E-state index in [0.29, 0.717) is 12.3 Å². The Kier molecular flexibility index (Phi) is 2.13. The van der Waals surface area contributed by atoms with Crippen LogP contribution in [-0.4, -0.2) is 11.8 Å². The van der Waals surface area contributed by atoms with E-state index >= 15 is 0 Å². The van der Waals surface area contributed by atoms with Crippen molar-refractivity contribution in [3.8, 4) is 0 Å². The largest absolute Gasteiger partial charge is 0.296 e. The minimum absolute atomic E-state index is 0.0463. The summed E-state index contributed by atoms with van der Waals surface area (Å²) in [6.07, 6.45) is 3.87. The molecule has 1 N–H and O–H groups in total. The Hall–Kier alpha value is -0.860. The molecule has 3 heteroatoms. The topological polar surface area (TPSA) is 46.2 Å². The van der Waals surface area contributed by atoms with E-state index in [4.69, 9.17) is 0 Å².